The number of hydrogen-bond donors (Lipinski definition) is 2. The molecule has 6 heterocycles. The average Bonchev–Trinajstić information content (AvgIpc) is 3.73. The molecule has 13 nitrogen and oxygen atoms in total. The Morgan fingerprint density at radius 2 is 1.87 bits per heavy atom. The van der Waals surface area contributed by atoms with Crippen LogP contribution in [0.1, 0.15) is 92.0 Å². The maximum absolute atomic E-state index is 15.6. The number of allylic oxidation sites excluding steroid dienone is 2. The van der Waals surface area contributed by atoms with Gasteiger partial charge in [-0.1, -0.05) is 6.08 Å². The number of fused-ring (bicyclic) bond motifs is 2. The number of benzene rings is 1. The van der Waals surface area contributed by atoms with Crippen LogP contribution in [0.2, 0.25) is 0 Å². The lowest BCUT2D eigenvalue weighted by atomic mass is 9.77. The number of hydrogen-bond acceptors (Lipinski definition) is 9. The van der Waals surface area contributed by atoms with E-state index in [1.54, 1.807) is 29.0 Å². The van der Waals surface area contributed by atoms with Gasteiger partial charge in [0, 0.05) is 81.8 Å². The molecule has 55 heavy (non-hydrogen) atoms. The lowest BCUT2D eigenvalue weighted by Crippen LogP contribution is -2.47. The lowest BCUT2D eigenvalue weighted by molar-refractivity contribution is -0.135. The molecular formula is C41H49FN8O5. The van der Waals surface area contributed by atoms with Gasteiger partial charge in [-0.2, -0.15) is 5.10 Å². The molecule has 1 aromatic carbocycles. The number of likely N-dealkylation sites (tertiary alicyclic amines) is 2. The summed E-state index contributed by atoms with van der Waals surface area (Å²) in [6.07, 6.45) is 13.1. The third kappa shape index (κ3) is 7.48. The largest absolute Gasteiger partial charge is 0.489 e. The van der Waals surface area contributed by atoms with Crippen LogP contribution in [0.4, 0.5) is 10.1 Å². The Labute approximate surface area is 319 Å². The second kappa shape index (κ2) is 14.9. The molecule has 8 rings (SSSR count). The van der Waals surface area contributed by atoms with Crippen LogP contribution in [0.3, 0.4) is 0 Å². The Balaban J connectivity index is 0.854. The van der Waals surface area contributed by atoms with Gasteiger partial charge < -0.3 is 24.8 Å². The molecule has 2 atom stereocenters. The van der Waals surface area contributed by atoms with E-state index in [0.717, 1.165) is 69.7 Å². The minimum absolute atomic E-state index is 0.000891. The number of carbonyl (C=O) groups is 4. The molecule has 0 spiro atoms. The first-order chi connectivity index (χ1) is 26.4. The van der Waals surface area contributed by atoms with E-state index in [1.807, 2.05) is 37.0 Å². The van der Waals surface area contributed by atoms with E-state index >= 15 is 4.39 Å². The topological polar surface area (TPSA) is 141 Å². The molecule has 2 N–H and O–H groups in total. The van der Waals surface area contributed by atoms with Crippen LogP contribution in [-0.2, 0) is 16.1 Å². The lowest BCUT2D eigenvalue weighted by Gasteiger charge is -2.41. The summed E-state index contributed by atoms with van der Waals surface area (Å²) in [6, 6.07) is 5.51. The molecule has 4 aliphatic heterocycles. The number of halogens is 1. The third-order valence-corrected chi connectivity index (χ3v) is 11.9. The number of carbonyl (C=O) groups excluding carboxylic acids is 4. The van der Waals surface area contributed by atoms with E-state index in [2.05, 4.69) is 30.5 Å². The second-order valence-corrected chi connectivity index (χ2v) is 16.1. The number of alkyl halides is 1. The van der Waals surface area contributed by atoms with Gasteiger partial charge in [0.05, 0.1) is 23.9 Å². The molecule has 4 amide bonds. The van der Waals surface area contributed by atoms with Crippen molar-refractivity contribution in [3.05, 3.63) is 76.9 Å². The first-order valence-electron chi connectivity index (χ1n) is 19.6. The van der Waals surface area contributed by atoms with Crippen molar-refractivity contribution in [3.8, 4) is 5.75 Å². The molecule has 3 aromatic rings. The maximum Gasteiger partial charge on any atom is 0.261 e. The minimum Gasteiger partial charge on any atom is -0.489 e. The zero-order chi connectivity index (χ0) is 38.4. The fraction of sp³-hybridized carbons (Fsp3) is 0.512. The van der Waals surface area contributed by atoms with Crippen LogP contribution in [0.5, 0.6) is 5.75 Å². The van der Waals surface area contributed by atoms with Gasteiger partial charge in [-0.15, -0.1) is 0 Å². The molecule has 14 heteroatoms. The fourth-order valence-corrected chi connectivity index (χ4v) is 8.90. The highest BCUT2D eigenvalue weighted by Crippen LogP contribution is 2.41. The van der Waals surface area contributed by atoms with Gasteiger partial charge in [0.25, 0.3) is 11.8 Å². The summed E-state index contributed by atoms with van der Waals surface area (Å²) in [6.45, 7) is 10.4. The molecule has 3 saturated heterocycles. The predicted molar refractivity (Wildman–Crippen MR) is 203 cm³/mol. The van der Waals surface area contributed by atoms with Crippen LogP contribution in [-0.4, -0.2) is 103 Å². The van der Waals surface area contributed by atoms with Crippen LogP contribution in [0.25, 0.3) is 5.65 Å². The molecule has 2 aromatic heterocycles. The van der Waals surface area contributed by atoms with Crippen molar-refractivity contribution in [3.63, 3.8) is 0 Å². The Morgan fingerprint density at radius 1 is 1.09 bits per heavy atom. The fourth-order valence-electron chi connectivity index (χ4n) is 8.90. The van der Waals surface area contributed by atoms with Crippen LogP contribution in [0.15, 0.2) is 60.2 Å². The van der Waals surface area contributed by atoms with E-state index in [4.69, 9.17) is 4.74 Å². The van der Waals surface area contributed by atoms with Crippen LogP contribution < -0.4 is 15.4 Å². The molecular weight excluding hydrogens is 704 g/mol. The quantitative estimate of drug-likeness (QED) is 0.292. The Hall–Kier alpha value is -5.11. The summed E-state index contributed by atoms with van der Waals surface area (Å²) < 4.78 is 23.3. The van der Waals surface area contributed by atoms with E-state index in [9.17, 15) is 19.2 Å². The Bertz CT molecular complexity index is 2070. The molecule has 290 valence electrons. The Morgan fingerprint density at radius 3 is 2.62 bits per heavy atom. The number of ether oxygens (including phenoxy) is 1. The van der Waals surface area contributed by atoms with Gasteiger partial charge in [-0.05, 0) is 94.2 Å². The molecule has 2 unspecified atom stereocenters. The van der Waals surface area contributed by atoms with Crippen molar-refractivity contribution < 1.29 is 28.3 Å². The van der Waals surface area contributed by atoms with E-state index in [-0.39, 0.29) is 42.7 Å². The van der Waals surface area contributed by atoms with Gasteiger partial charge in [0.1, 0.15) is 17.0 Å². The Kier molecular flexibility index (Phi) is 9.95. The van der Waals surface area contributed by atoms with Crippen molar-refractivity contribution in [1.29, 1.82) is 0 Å². The predicted octanol–water partition coefficient (Wildman–Crippen LogP) is 4.90. The monoisotopic (exact) mass is 752 g/mol. The second-order valence-electron chi connectivity index (χ2n) is 16.1. The number of nitrogens with one attached hydrogen (secondary N) is 2. The van der Waals surface area contributed by atoms with Crippen molar-refractivity contribution in [2.45, 2.75) is 90.1 Å². The van der Waals surface area contributed by atoms with Gasteiger partial charge in [-0.3, -0.25) is 24.5 Å². The number of imide groups is 1. The van der Waals surface area contributed by atoms with Gasteiger partial charge in [-0.25, -0.2) is 13.9 Å². The summed E-state index contributed by atoms with van der Waals surface area (Å²) in [7, 11) is 0. The molecule has 0 saturated carbocycles. The van der Waals surface area contributed by atoms with E-state index < -0.39 is 17.5 Å². The number of aromatic nitrogens is 3. The summed E-state index contributed by atoms with van der Waals surface area (Å²) in [5, 5.41) is 9.62. The van der Waals surface area contributed by atoms with Crippen LogP contribution in [0, 0.1) is 11.8 Å². The molecule has 3 fully saturated rings. The highest BCUT2D eigenvalue weighted by atomic mass is 19.1. The molecule has 0 bridgehead atoms. The first-order valence-corrected chi connectivity index (χ1v) is 19.6. The zero-order valence-corrected chi connectivity index (χ0v) is 31.7. The molecule has 5 aliphatic rings. The summed E-state index contributed by atoms with van der Waals surface area (Å²) >= 11 is 0. The smallest absolute Gasteiger partial charge is 0.261 e. The number of anilines is 1. The van der Waals surface area contributed by atoms with E-state index in [0.29, 0.717) is 52.7 Å². The average molecular weight is 753 g/mol. The summed E-state index contributed by atoms with van der Waals surface area (Å²) in [5.41, 5.74) is 2.64. The van der Waals surface area contributed by atoms with Crippen molar-refractivity contribution in [1.82, 2.24) is 34.6 Å². The van der Waals surface area contributed by atoms with Crippen molar-refractivity contribution >= 4 is 35.0 Å². The normalized spacial score (nSPS) is 24.2. The summed E-state index contributed by atoms with van der Waals surface area (Å²) in [5.74, 6) is -0.659. The number of nitrogens with zero attached hydrogens (tertiary/aromatic N) is 6. The maximum atomic E-state index is 15.6. The van der Waals surface area contributed by atoms with Gasteiger partial charge in [0.15, 0.2) is 5.65 Å². The first kappa shape index (κ1) is 36.8. The number of amides is 4. The van der Waals surface area contributed by atoms with Crippen LogP contribution >= 0.6 is 0 Å². The zero-order valence-electron chi connectivity index (χ0n) is 31.7. The SMILES string of the molecule is CC(C)Oc1cc2c(cc1NC(=O)c1cnn3cccnc13)CN(C1CCN(CC3CCN(C4=CCC(C)(F)C(C5CCC(=O)NC5=O)=C4)CC3)CC1)C2=O. The highest BCUT2D eigenvalue weighted by Gasteiger charge is 2.42. The summed E-state index contributed by atoms with van der Waals surface area (Å²) in [4.78, 5) is 62.6. The molecule has 0 radical (unpaired) electrons. The van der Waals surface area contributed by atoms with Crippen molar-refractivity contribution in [2.75, 3.05) is 38.0 Å². The molecule has 1 aliphatic carbocycles. The van der Waals surface area contributed by atoms with Crippen molar-refractivity contribution in [2.24, 2.45) is 11.8 Å². The minimum atomic E-state index is -1.61. The highest BCUT2D eigenvalue weighted by molar-refractivity contribution is 6.09. The third-order valence-electron chi connectivity index (χ3n) is 11.9. The van der Waals surface area contributed by atoms with Gasteiger partial charge in [0.2, 0.25) is 11.8 Å². The number of rotatable bonds is 9. The standard InChI is InChI=1S/C41H49FN8O5/c1-25(2)55-35-21-31-27(19-34(35)45-39(53)32-22-44-50-14-4-13-43-37(32)50)24-49(40(31)54)28-10-15-47(16-11-28)23-26-8-17-48(18-9-26)29-7-12-41(3,42)33(20-29)30-5-6-36(51)46-38(30)52/h4,7,13-14,19-22,25-26,28,30H,5-6,8-12,15-18,23-24H2,1-3H3,(H,45,53)(H,46,51,52). The van der Waals surface area contributed by atoms with E-state index in [1.165, 1.54) is 13.1 Å². The number of piperidine rings is 3. The van der Waals surface area contributed by atoms with Gasteiger partial charge >= 0.3 is 0 Å².